The van der Waals surface area contributed by atoms with Crippen molar-refractivity contribution >= 4 is 27.7 Å². The monoisotopic (exact) mass is 446 g/mol. The lowest BCUT2D eigenvalue weighted by molar-refractivity contribution is 0.0789. The van der Waals surface area contributed by atoms with Crippen LogP contribution in [0.15, 0.2) is 40.1 Å². The molecule has 1 aliphatic rings. The van der Waals surface area contributed by atoms with Crippen molar-refractivity contribution in [2.45, 2.75) is 56.4 Å². The Kier molecular flexibility index (Phi) is 6.95. The van der Waals surface area contributed by atoms with Crippen LogP contribution in [0.5, 0.6) is 0 Å². The summed E-state index contributed by atoms with van der Waals surface area (Å²) in [5.41, 5.74) is 4.78. The highest BCUT2D eigenvalue weighted by atomic mass is 32.2. The van der Waals surface area contributed by atoms with Crippen molar-refractivity contribution in [1.82, 2.24) is 9.62 Å². The second-order valence-corrected chi connectivity index (χ2v) is 10.6. The predicted octanol–water partition coefficient (Wildman–Crippen LogP) is 4.61. The number of likely N-dealkylation sites (tertiary alicyclic amines) is 1. The maximum absolute atomic E-state index is 13.1. The molecular formula is C23H30N2O3S2. The Bertz CT molecular complexity index is 1060. The second kappa shape index (κ2) is 9.12. The summed E-state index contributed by atoms with van der Waals surface area (Å²) in [5, 5.41) is 0. The van der Waals surface area contributed by atoms with Gasteiger partial charge in [-0.25, -0.2) is 13.1 Å². The highest BCUT2D eigenvalue weighted by Gasteiger charge is 2.25. The molecule has 0 spiro atoms. The number of nitrogens with one attached hydrogen (secondary N) is 1. The zero-order valence-electron chi connectivity index (χ0n) is 18.3. The zero-order valence-corrected chi connectivity index (χ0v) is 19.9. The molecule has 1 N–H and O–H groups in total. The molecule has 5 nitrogen and oxygen atoms in total. The first-order valence-electron chi connectivity index (χ1n) is 10.2. The van der Waals surface area contributed by atoms with Crippen molar-refractivity contribution in [1.29, 1.82) is 0 Å². The van der Waals surface area contributed by atoms with E-state index in [0.717, 1.165) is 47.5 Å². The van der Waals surface area contributed by atoms with Crippen molar-refractivity contribution in [2.24, 2.45) is 0 Å². The average Bonchev–Trinajstić information content (AvgIpc) is 3.24. The van der Waals surface area contributed by atoms with Gasteiger partial charge in [-0.2, -0.15) is 0 Å². The number of carbonyl (C=O) groups is 1. The molecule has 0 saturated carbocycles. The minimum absolute atomic E-state index is 0.0908. The Hall–Kier alpha value is -1.83. The number of rotatable bonds is 6. The fourth-order valence-corrected chi connectivity index (χ4v) is 5.74. The molecule has 30 heavy (non-hydrogen) atoms. The molecular weight excluding hydrogens is 416 g/mol. The molecule has 1 atom stereocenters. The van der Waals surface area contributed by atoms with Crippen LogP contribution < -0.4 is 4.72 Å². The Morgan fingerprint density at radius 2 is 1.67 bits per heavy atom. The van der Waals surface area contributed by atoms with Crippen molar-refractivity contribution in [3.8, 4) is 0 Å². The van der Waals surface area contributed by atoms with Crippen LogP contribution in [0.1, 0.15) is 58.4 Å². The van der Waals surface area contributed by atoms with Gasteiger partial charge in [-0.1, -0.05) is 12.1 Å². The molecule has 7 heteroatoms. The molecule has 2 aromatic carbocycles. The smallest absolute Gasteiger partial charge is 0.255 e. The molecule has 1 amide bonds. The number of thioether (sulfide) groups is 1. The molecule has 2 aromatic rings. The third-order valence-electron chi connectivity index (χ3n) is 5.79. The number of sulfonamides is 1. The minimum Gasteiger partial charge on any atom is -0.339 e. The average molecular weight is 447 g/mol. The van der Waals surface area contributed by atoms with Gasteiger partial charge in [-0.3, -0.25) is 4.79 Å². The maximum Gasteiger partial charge on any atom is 0.255 e. The van der Waals surface area contributed by atoms with Gasteiger partial charge in [0.15, 0.2) is 0 Å². The first kappa shape index (κ1) is 22.8. The van der Waals surface area contributed by atoms with Crippen molar-refractivity contribution < 1.29 is 13.2 Å². The number of nitrogens with zero attached hydrogens (tertiary/aromatic N) is 1. The number of aryl methyl sites for hydroxylation is 3. The van der Waals surface area contributed by atoms with Gasteiger partial charge in [0, 0.05) is 24.0 Å². The van der Waals surface area contributed by atoms with E-state index in [0.29, 0.717) is 5.56 Å². The normalized spacial score (nSPS) is 15.4. The Morgan fingerprint density at radius 1 is 1.03 bits per heavy atom. The topological polar surface area (TPSA) is 66.5 Å². The molecule has 0 radical (unpaired) electrons. The van der Waals surface area contributed by atoms with Gasteiger partial charge in [-0.05, 0) is 87.2 Å². The molecule has 1 aliphatic heterocycles. The van der Waals surface area contributed by atoms with E-state index < -0.39 is 10.0 Å². The summed E-state index contributed by atoms with van der Waals surface area (Å²) in [5.74, 6) is -0.0908. The summed E-state index contributed by atoms with van der Waals surface area (Å²) in [7, 11) is -3.78. The van der Waals surface area contributed by atoms with Gasteiger partial charge >= 0.3 is 0 Å². The highest BCUT2D eigenvalue weighted by Crippen LogP contribution is 2.28. The lowest BCUT2D eigenvalue weighted by atomic mass is 9.97. The van der Waals surface area contributed by atoms with E-state index in [1.54, 1.807) is 17.0 Å². The van der Waals surface area contributed by atoms with Gasteiger partial charge < -0.3 is 4.90 Å². The van der Waals surface area contributed by atoms with E-state index in [1.165, 1.54) is 23.4 Å². The summed E-state index contributed by atoms with van der Waals surface area (Å²) in [6.07, 6.45) is 3.88. The minimum atomic E-state index is -3.78. The Balaban J connectivity index is 1.91. The van der Waals surface area contributed by atoms with Gasteiger partial charge in [0.2, 0.25) is 10.0 Å². The van der Waals surface area contributed by atoms with Gasteiger partial charge in [0.05, 0.1) is 10.5 Å². The first-order chi connectivity index (χ1) is 14.1. The molecule has 3 rings (SSSR count). The summed E-state index contributed by atoms with van der Waals surface area (Å²) in [6.45, 7) is 9.37. The Morgan fingerprint density at radius 3 is 2.30 bits per heavy atom. The molecule has 162 valence electrons. The number of carbonyl (C=O) groups excluding carboxylic acids is 1. The number of hydrogen-bond donors (Lipinski definition) is 1. The van der Waals surface area contributed by atoms with Crippen LogP contribution in [0.2, 0.25) is 0 Å². The summed E-state index contributed by atoms with van der Waals surface area (Å²) in [6, 6.07) is 8.57. The van der Waals surface area contributed by atoms with Crippen LogP contribution >= 0.6 is 11.8 Å². The largest absolute Gasteiger partial charge is 0.339 e. The fourth-order valence-electron chi connectivity index (χ4n) is 3.93. The molecule has 0 aliphatic carbocycles. The SMILES string of the molecule is CSc1ccc(S(=O)(=O)N[C@@H](C)c2cc(C)c(C)cc2C)cc1C(=O)N1CCCC1. The van der Waals surface area contributed by atoms with Crippen LogP contribution in [0, 0.1) is 20.8 Å². The van der Waals surface area contributed by atoms with Crippen LogP contribution in [0.4, 0.5) is 0 Å². The quantitative estimate of drug-likeness (QED) is 0.658. The number of amides is 1. The third-order valence-corrected chi connectivity index (χ3v) is 8.12. The van der Waals surface area contributed by atoms with Crippen molar-refractivity contribution in [2.75, 3.05) is 19.3 Å². The molecule has 0 aromatic heterocycles. The summed E-state index contributed by atoms with van der Waals surface area (Å²) >= 11 is 1.45. The summed E-state index contributed by atoms with van der Waals surface area (Å²) < 4.78 is 29.1. The van der Waals surface area contributed by atoms with Gasteiger partial charge in [0.25, 0.3) is 5.91 Å². The molecule has 1 heterocycles. The lowest BCUT2D eigenvalue weighted by Gasteiger charge is -2.20. The fraction of sp³-hybridized carbons (Fsp3) is 0.435. The lowest BCUT2D eigenvalue weighted by Crippen LogP contribution is -2.30. The van der Waals surface area contributed by atoms with Gasteiger partial charge in [0.1, 0.15) is 0 Å². The number of hydrogen-bond acceptors (Lipinski definition) is 4. The highest BCUT2D eigenvalue weighted by molar-refractivity contribution is 7.98. The second-order valence-electron chi connectivity index (χ2n) is 8.00. The molecule has 1 saturated heterocycles. The van der Waals surface area contributed by atoms with Crippen LogP contribution in [-0.2, 0) is 10.0 Å². The van der Waals surface area contributed by atoms with Crippen molar-refractivity contribution in [3.63, 3.8) is 0 Å². The third kappa shape index (κ3) is 4.74. The maximum atomic E-state index is 13.1. The Labute approximate surface area is 184 Å². The first-order valence-corrected chi connectivity index (χ1v) is 12.9. The van der Waals surface area contributed by atoms with E-state index in [2.05, 4.69) is 10.8 Å². The van der Waals surface area contributed by atoms with Crippen LogP contribution in [-0.4, -0.2) is 38.6 Å². The molecule has 0 bridgehead atoms. The van der Waals surface area contributed by atoms with Gasteiger partial charge in [-0.15, -0.1) is 11.8 Å². The van der Waals surface area contributed by atoms with Crippen molar-refractivity contribution in [3.05, 3.63) is 58.1 Å². The van der Waals surface area contributed by atoms with E-state index >= 15 is 0 Å². The van der Waals surface area contributed by atoms with E-state index in [9.17, 15) is 13.2 Å². The molecule has 1 fully saturated rings. The standard InChI is InChI=1S/C23H30N2O3S2/c1-15-12-17(3)20(13-16(15)2)18(4)24-30(27,28)19-8-9-22(29-5)21(14-19)23(26)25-10-6-7-11-25/h8-9,12-14,18,24H,6-7,10-11H2,1-5H3/t18-/m0/s1. The zero-order chi connectivity index (χ0) is 22.1. The van der Waals surface area contributed by atoms with Crippen LogP contribution in [0.3, 0.4) is 0 Å². The summed E-state index contributed by atoms with van der Waals surface area (Å²) in [4.78, 5) is 15.7. The van der Waals surface area contributed by atoms with Crippen LogP contribution in [0.25, 0.3) is 0 Å². The van der Waals surface area contributed by atoms with E-state index in [-0.39, 0.29) is 16.8 Å². The predicted molar refractivity (Wildman–Crippen MR) is 123 cm³/mol. The van der Waals surface area contributed by atoms with E-state index in [4.69, 9.17) is 0 Å². The molecule has 0 unspecified atom stereocenters. The van der Waals surface area contributed by atoms with E-state index in [1.807, 2.05) is 40.0 Å². The number of benzene rings is 2.